The van der Waals surface area contributed by atoms with E-state index in [1.807, 2.05) is 0 Å². The largest absolute Gasteiger partial charge is 0.768 e. The predicted octanol–water partition coefficient (Wildman–Crippen LogP) is -0.752. The third kappa shape index (κ3) is 5.37. The Balaban J connectivity index is 2.80. The molecular formula is C9H12NO6S3-. The van der Waals surface area contributed by atoms with Gasteiger partial charge in [-0.15, -0.1) is 0 Å². The van der Waals surface area contributed by atoms with E-state index < -0.39 is 36.7 Å². The molecule has 0 spiro atoms. The van der Waals surface area contributed by atoms with Crippen molar-refractivity contribution >= 4 is 30.9 Å². The summed E-state index contributed by atoms with van der Waals surface area (Å²) in [7, 11) is -7.10. The van der Waals surface area contributed by atoms with Crippen molar-refractivity contribution in [2.24, 2.45) is 0 Å². The van der Waals surface area contributed by atoms with Crippen molar-refractivity contribution in [1.82, 2.24) is 4.72 Å². The van der Waals surface area contributed by atoms with Gasteiger partial charge in [0.2, 0.25) is 10.0 Å². The van der Waals surface area contributed by atoms with Crippen LogP contribution < -0.4 is 4.72 Å². The van der Waals surface area contributed by atoms with E-state index in [9.17, 15) is 25.6 Å². The molecule has 1 rings (SSSR count). The molecule has 10 heteroatoms. The summed E-state index contributed by atoms with van der Waals surface area (Å²) in [5, 5.41) is 0. The predicted molar refractivity (Wildman–Crippen MR) is 68.5 cm³/mol. The summed E-state index contributed by atoms with van der Waals surface area (Å²) >= 11 is -2.42. The lowest BCUT2D eigenvalue weighted by Gasteiger charge is -2.07. The molecule has 1 atom stereocenters. The van der Waals surface area contributed by atoms with Crippen LogP contribution in [-0.4, -0.2) is 44.2 Å². The van der Waals surface area contributed by atoms with Crippen molar-refractivity contribution in [3.05, 3.63) is 24.3 Å². The molecular weight excluding hydrogens is 314 g/mol. The van der Waals surface area contributed by atoms with Crippen molar-refractivity contribution in [3.8, 4) is 0 Å². The fourth-order valence-corrected chi connectivity index (χ4v) is 3.35. The average molecular weight is 326 g/mol. The molecule has 0 saturated carbocycles. The van der Waals surface area contributed by atoms with E-state index in [-0.39, 0.29) is 16.3 Å². The van der Waals surface area contributed by atoms with Crippen LogP contribution in [0, 0.1) is 0 Å². The van der Waals surface area contributed by atoms with Gasteiger partial charge in [-0.3, -0.25) is 4.21 Å². The van der Waals surface area contributed by atoms with Gasteiger partial charge in [0.05, 0.1) is 16.9 Å². The average Bonchev–Trinajstić information content (AvgIpc) is 2.27. The van der Waals surface area contributed by atoms with E-state index in [1.165, 1.54) is 24.3 Å². The molecule has 1 aromatic rings. The Bertz CT molecular complexity index is 662. The lowest BCUT2D eigenvalue weighted by atomic mass is 10.4. The highest BCUT2D eigenvalue weighted by atomic mass is 32.2. The van der Waals surface area contributed by atoms with Crippen molar-refractivity contribution < 1.29 is 25.6 Å². The fraction of sp³-hybridized carbons (Fsp3) is 0.333. The van der Waals surface area contributed by atoms with Gasteiger partial charge in [-0.25, -0.2) is 21.6 Å². The summed E-state index contributed by atoms with van der Waals surface area (Å²) in [5.74, 6) is -0.403. The van der Waals surface area contributed by atoms with Gasteiger partial charge < -0.3 is 4.55 Å². The molecule has 1 N–H and O–H groups in total. The van der Waals surface area contributed by atoms with E-state index in [0.29, 0.717) is 0 Å². The van der Waals surface area contributed by atoms with Gasteiger partial charge in [-0.2, -0.15) is 0 Å². The molecule has 0 bridgehead atoms. The van der Waals surface area contributed by atoms with Crippen LogP contribution in [0.2, 0.25) is 0 Å². The lowest BCUT2D eigenvalue weighted by Crippen LogP contribution is -2.28. The zero-order valence-electron chi connectivity index (χ0n) is 9.90. The first-order valence-electron chi connectivity index (χ1n) is 4.98. The summed E-state index contributed by atoms with van der Waals surface area (Å²) in [6, 6.07) is 4.67. The van der Waals surface area contributed by atoms with Crippen molar-refractivity contribution in [2.45, 2.75) is 9.79 Å². The quantitative estimate of drug-likeness (QED) is 0.687. The second-order valence-corrected chi connectivity index (χ2v) is 8.57. The number of sulfone groups is 1. The molecule has 1 unspecified atom stereocenters. The van der Waals surface area contributed by atoms with Crippen LogP contribution in [0.15, 0.2) is 34.1 Å². The molecule has 0 amide bonds. The van der Waals surface area contributed by atoms with Crippen LogP contribution in [0.5, 0.6) is 0 Å². The smallest absolute Gasteiger partial charge is 0.208 e. The summed E-state index contributed by atoms with van der Waals surface area (Å²) in [4.78, 5) is -0.0785. The summed E-state index contributed by atoms with van der Waals surface area (Å²) in [6.07, 6.45) is 0.929. The van der Waals surface area contributed by atoms with Gasteiger partial charge in [0, 0.05) is 11.4 Å². The fourth-order valence-electron chi connectivity index (χ4n) is 1.24. The van der Waals surface area contributed by atoms with Crippen LogP contribution in [0.1, 0.15) is 0 Å². The zero-order valence-corrected chi connectivity index (χ0v) is 12.3. The second-order valence-electron chi connectivity index (χ2n) is 3.69. The molecule has 1 aromatic carbocycles. The molecule has 0 aromatic heterocycles. The van der Waals surface area contributed by atoms with Crippen LogP contribution in [0.4, 0.5) is 0 Å². The van der Waals surface area contributed by atoms with Crippen LogP contribution >= 0.6 is 0 Å². The Morgan fingerprint density at radius 1 is 1.16 bits per heavy atom. The Morgan fingerprint density at radius 3 is 2.11 bits per heavy atom. The van der Waals surface area contributed by atoms with E-state index >= 15 is 0 Å². The second kappa shape index (κ2) is 6.09. The number of benzene rings is 1. The van der Waals surface area contributed by atoms with Crippen LogP contribution in [-0.2, 0) is 30.9 Å². The first-order valence-corrected chi connectivity index (χ1v) is 9.60. The first kappa shape index (κ1) is 16.2. The minimum atomic E-state index is -3.65. The van der Waals surface area contributed by atoms with Crippen LogP contribution in [0.25, 0.3) is 0 Å². The van der Waals surface area contributed by atoms with Gasteiger partial charge in [-0.1, -0.05) is 0 Å². The normalized spacial score (nSPS) is 14.2. The van der Waals surface area contributed by atoms with E-state index in [1.54, 1.807) is 0 Å². The highest BCUT2D eigenvalue weighted by molar-refractivity contribution is 7.91. The molecule has 0 aliphatic heterocycles. The summed E-state index contributed by atoms with van der Waals surface area (Å²) < 4.78 is 68.5. The van der Waals surface area contributed by atoms with Crippen molar-refractivity contribution in [2.75, 3.05) is 18.6 Å². The monoisotopic (exact) mass is 326 g/mol. The minimum absolute atomic E-state index is 0.0202. The minimum Gasteiger partial charge on any atom is -0.768 e. The third-order valence-electron chi connectivity index (χ3n) is 2.11. The van der Waals surface area contributed by atoms with Crippen molar-refractivity contribution in [3.63, 3.8) is 0 Å². The molecule has 7 nitrogen and oxygen atoms in total. The van der Waals surface area contributed by atoms with Gasteiger partial charge in [0.15, 0.2) is 9.84 Å². The number of nitrogens with one attached hydrogen (secondary N) is 1. The molecule has 0 heterocycles. The Morgan fingerprint density at radius 2 is 1.68 bits per heavy atom. The van der Waals surface area contributed by atoms with Crippen molar-refractivity contribution in [1.29, 1.82) is 0 Å². The lowest BCUT2D eigenvalue weighted by molar-refractivity contribution is 0.536. The number of hydrogen-bond donors (Lipinski definition) is 1. The number of rotatable bonds is 6. The summed E-state index contributed by atoms with van der Waals surface area (Å²) in [6.45, 7) is -0.240. The van der Waals surface area contributed by atoms with E-state index in [2.05, 4.69) is 4.72 Å². The Kier molecular flexibility index (Phi) is 5.21. The molecule has 19 heavy (non-hydrogen) atoms. The highest BCUT2D eigenvalue weighted by Gasteiger charge is 2.15. The van der Waals surface area contributed by atoms with E-state index in [0.717, 1.165) is 6.26 Å². The standard InChI is InChI=1S/C9H13NO6S3/c1-18(13,14)10-6-7-19(15,16)9-4-2-8(3-5-9)17(11)12/h2-5,10H,6-7H2,1H3,(H,11,12)/p-1. The molecule has 0 aliphatic rings. The van der Waals surface area contributed by atoms with Gasteiger partial charge in [-0.05, 0) is 35.3 Å². The van der Waals surface area contributed by atoms with Gasteiger partial charge in [0.25, 0.3) is 0 Å². The molecule has 0 aliphatic carbocycles. The number of sulfonamides is 1. The Labute approximate surface area is 114 Å². The third-order valence-corrected chi connectivity index (χ3v) is 5.23. The molecule has 0 fully saturated rings. The van der Waals surface area contributed by atoms with Gasteiger partial charge >= 0.3 is 0 Å². The maximum Gasteiger partial charge on any atom is 0.208 e. The maximum atomic E-state index is 11.8. The topological polar surface area (TPSA) is 120 Å². The summed E-state index contributed by atoms with van der Waals surface area (Å²) in [5.41, 5.74) is 0. The maximum absolute atomic E-state index is 11.8. The zero-order chi connectivity index (χ0) is 14.7. The first-order chi connectivity index (χ1) is 8.62. The van der Waals surface area contributed by atoms with Crippen LogP contribution in [0.3, 0.4) is 0 Å². The highest BCUT2D eigenvalue weighted by Crippen LogP contribution is 2.13. The Hall–Kier alpha value is -0.810. The van der Waals surface area contributed by atoms with Gasteiger partial charge in [0.1, 0.15) is 0 Å². The number of hydrogen-bond acceptors (Lipinski definition) is 6. The molecule has 0 radical (unpaired) electrons. The molecule has 0 saturated heterocycles. The molecule has 108 valence electrons. The van der Waals surface area contributed by atoms with E-state index in [4.69, 9.17) is 0 Å². The SMILES string of the molecule is CS(=O)(=O)NCCS(=O)(=O)c1ccc(S(=O)[O-])cc1.